The second kappa shape index (κ2) is 5.53. The van der Waals surface area contributed by atoms with Crippen LogP contribution in [0.2, 0.25) is 0 Å². The molecule has 1 unspecified atom stereocenters. The topological polar surface area (TPSA) is 3.24 Å². The molecular weight excluding hydrogens is 141 g/mol. The number of hydrogen-bond acceptors (Lipinski definition) is 1. The van der Waals surface area contributed by atoms with Crippen LogP contribution in [0.4, 0.5) is 4.70 Å². The van der Waals surface area contributed by atoms with Crippen molar-refractivity contribution >= 4 is 0 Å². The van der Waals surface area contributed by atoms with Gasteiger partial charge in [0.15, 0.2) is 0 Å². The Labute approximate surface area is 69.1 Å². The molecule has 0 saturated carbocycles. The Morgan fingerprint density at radius 2 is 2.18 bits per heavy atom. The van der Waals surface area contributed by atoms with Gasteiger partial charge in [-0.3, -0.25) is 4.70 Å². The maximum Gasteiger partial charge on any atom is 0.000750 e. The van der Waals surface area contributed by atoms with Crippen LogP contribution in [-0.2, 0) is 0 Å². The number of hydrogen-bond donors (Lipinski definition) is 0. The summed E-state index contributed by atoms with van der Waals surface area (Å²) in [7, 11) is 0. The Morgan fingerprint density at radius 1 is 1.45 bits per heavy atom. The zero-order valence-corrected chi connectivity index (χ0v) is 7.68. The van der Waals surface area contributed by atoms with Gasteiger partial charge in [-0.05, 0) is 31.8 Å². The zero-order valence-electron chi connectivity index (χ0n) is 7.68. The van der Waals surface area contributed by atoms with Crippen molar-refractivity contribution < 1.29 is 4.70 Å². The van der Waals surface area contributed by atoms with Crippen molar-refractivity contribution in [2.24, 2.45) is 5.92 Å². The van der Waals surface area contributed by atoms with Crippen LogP contribution in [0.1, 0.15) is 33.1 Å². The van der Waals surface area contributed by atoms with Gasteiger partial charge in [-0.15, -0.1) is 0 Å². The van der Waals surface area contributed by atoms with Crippen LogP contribution < -0.4 is 0 Å². The van der Waals surface area contributed by atoms with Gasteiger partial charge >= 0.3 is 0 Å². The molecule has 1 nitrogen and oxygen atoms in total. The normalized spacial score (nSPS) is 25.1. The molecule has 0 aliphatic carbocycles. The lowest BCUT2D eigenvalue weighted by atomic mass is 10.2. The van der Waals surface area contributed by atoms with Crippen molar-refractivity contribution in [2.75, 3.05) is 19.6 Å². The first-order valence-corrected chi connectivity index (χ1v) is 4.55. The second-order valence-corrected chi connectivity index (χ2v) is 3.55. The molecule has 0 amide bonds. The molecule has 1 heterocycles. The fourth-order valence-corrected chi connectivity index (χ4v) is 1.61. The van der Waals surface area contributed by atoms with Gasteiger partial charge in [0.05, 0.1) is 0 Å². The largest absolute Gasteiger partial charge is 0.303 e. The van der Waals surface area contributed by atoms with Crippen molar-refractivity contribution in [2.45, 2.75) is 33.1 Å². The van der Waals surface area contributed by atoms with Crippen molar-refractivity contribution in [3.8, 4) is 0 Å². The van der Waals surface area contributed by atoms with Crippen molar-refractivity contribution in [3.63, 3.8) is 0 Å². The number of halogens is 1. The van der Waals surface area contributed by atoms with Gasteiger partial charge < -0.3 is 4.90 Å². The van der Waals surface area contributed by atoms with Crippen LogP contribution in [0.15, 0.2) is 0 Å². The summed E-state index contributed by atoms with van der Waals surface area (Å²) in [4.78, 5) is 2.59. The Kier molecular flexibility index (Phi) is 5.47. The van der Waals surface area contributed by atoms with Crippen molar-refractivity contribution in [3.05, 3.63) is 0 Å². The third-order valence-corrected chi connectivity index (χ3v) is 2.34. The summed E-state index contributed by atoms with van der Waals surface area (Å²) in [6, 6.07) is 0. The molecule has 0 aromatic heterocycles. The van der Waals surface area contributed by atoms with Gasteiger partial charge in [-0.1, -0.05) is 20.3 Å². The third kappa shape index (κ3) is 3.71. The Balaban J connectivity index is 0.000001000. The first-order chi connectivity index (χ1) is 4.83. The monoisotopic (exact) mass is 161 g/mol. The van der Waals surface area contributed by atoms with Gasteiger partial charge in [0.25, 0.3) is 0 Å². The van der Waals surface area contributed by atoms with Crippen LogP contribution in [-0.4, -0.2) is 24.5 Å². The first kappa shape index (κ1) is 10.9. The van der Waals surface area contributed by atoms with Crippen molar-refractivity contribution in [1.82, 2.24) is 4.90 Å². The SMILES string of the molecule is CCCCN1CCC(C)C1.F. The minimum Gasteiger partial charge on any atom is -0.303 e. The lowest BCUT2D eigenvalue weighted by Gasteiger charge is -2.13. The van der Waals surface area contributed by atoms with E-state index in [0.717, 1.165) is 5.92 Å². The Bertz CT molecular complexity index is 95.6. The minimum atomic E-state index is 0. The van der Waals surface area contributed by atoms with E-state index in [4.69, 9.17) is 0 Å². The van der Waals surface area contributed by atoms with E-state index in [1.54, 1.807) is 0 Å². The molecule has 0 aromatic rings. The average molecular weight is 161 g/mol. The molecule has 0 spiro atoms. The predicted octanol–water partition coefficient (Wildman–Crippen LogP) is 2.28. The van der Waals surface area contributed by atoms with Gasteiger partial charge in [-0.25, -0.2) is 0 Å². The fraction of sp³-hybridized carbons (Fsp3) is 1.00. The number of nitrogens with zero attached hydrogens (tertiary/aromatic N) is 1. The molecule has 1 saturated heterocycles. The number of rotatable bonds is 3. The molecule has 1 rings (SSSR count). The van der Waals surface area contributed by atoms with E-state index in [-0.39, 0.29) is 4.70 Å². The smallest absolute Gasteiger partial charge is 0.000750 e. The van der Waals surface area contributed by atoms with E-state index in [1.807, 2.05) is 0 Å². The third-order valence-electron chi connectivity index (χ3n) is 2.34. The molecule has 1 aliphatic heterocycles. The molecule has 0 radical (unpaired) electrons. The van der Waals surface area contributed by atoms with E-state index in [9.17, 15) is 0 Å². The van der Waals surface area contributed by atoms with Crippen LogP contribution in [0.25, 0.3) is 0 Å². The van der Waals surface area contributed by atoms with Crippen LogP contribution in [0.3, 0.4) is 0 Å². The first-order valence-electron chi connectivity index (χ1n) is 4.55. The fourth-order valence-electron chi connectivity index (χ4n) is 1.61. The minimum absolute atomic E-state index is 0. The Morgan fingerprint density at radius 3 is 2.64 bits per heavy atom. The summed E-state index contributed by atoms with van der Waals surface area (Å²) in [5, 5.41) is 0. The zero-order chi connectivity index (χ0) is 7.40. The van der Waals surface area contributed by atoms with E-state index in [2.05, 4.69) is 18.7 Å². The summed E-state index contributed by atoms with van der Waals surface area (Å²) in [5.41, 5.74) is 0. The van der Waals surface area contributed by atoms with Crippen LogP contribution in [0, 0.1) is 5.92 Å². The molecule has 1 fully saturated rings. The van der Waals surface area contributed by atoms with E-state index >= 15 is 0 Å². The lowest BCUT2D eigenvalue weighted by molar-refractivity contribution is 0.322. The highest BCUT2D eigenvalue weighted by atomic mass is 19.0. The van der Waals surface area contributed by atoms with E-state index in [0.29, 0.717) is 0 Å². The summed E-state index contributed by atoms with van der Waals surface area (Å²) < 4.78 is 0. The highest BCUT2D eigenvalue weighted by Crippen LogP contribution is 2.14. The number of likely N-dealkylation sites (tertiary alicyclic amines) is 1. The van der Waals surface area contributed by atoms with Gasteiger partial charge in [0, 0.05) is 6.54 Å². The molecule has 0 N–H and O–H groups in total. The molecule has 1 atom stereocenters. The maximum absolute atomic E-state index is 2.59. The standard InChI is InChI=1S/C9H19N.FH/c1-3-4-6-10-7-5-9(2)8-10;/h9H,3-8H2,1-2H3;1H. The highest BCUT2D eigenvalue weighted by Gasteiger charge is 2.16. The van der Waals surface area contributed by atoms with E-state index < -0.39 is 0 Å². The summed E-state index contributed by atoms with van der Waals surface area (Å²) >= 11 is 0. The molecule has 11 heavy (non-hydrogen) atoms. The highest BCUT2D eigenvalue weighted by molar-refractivity contribution is 4.71. The maximum atomic E-state index is 2.59. The lowest BCUT2D eigenvalue weighted by Crippen LogP contribution is -2.21. The molecule has 68 valence electrons. The molecule has 1 aliphatic rings. The Hall–Kier alpha value is -0.110. The molecular formula is C9H20FN. The predicted molar refractivity (Wildman–Crippen MR) is 47.6 cm³/mol. The average Bonchev–Trinajstić information content (AvgIpc) is 2.31. The molecule has 0 aromatic carbocycles. The summed E-state index contributed by atoms with van der Waals surface area (Å²) in [6.45, 7) is 8.65. The van der Waals surface area contributed by atoms with Gasteiger partial charge in [-0.2, -0.15) is 0 Å². The number of unbranched alkanes of at least 4 members (excludes halogenated alkanes) is 1. The quantitative estimate of drug-likeness (QED) is 0.614. The van der Waals surface area contributed by atoms with Crippen molar-refractivity contribution in [1.29, 1.82) is 0 Å². The second-order valence-electron chi connectivity index (χ2n) is 3.55. The summed E-state index contributed by atoms with van der Waals surface area (Å²) in [5.74, 6) is 0.955. The van der Waals surface area contributed by atoms with Crippen LogP contribution >= 0.6 is 0 Å². The summed E-state index contributed by atoms with van der Waals surface area (Å²) in [6.07, 6.45) is 4.14. The van der Waals surface area contributed by atoms with Gasteiger partial charge in [0.2, 0.25) is 0 Å². The molecule has 0 bridgehead atoms. The van der Waals surface area contributed by atoms with E-state index in [1.165, 1.54) is 38.9 Å². The van der Waals surface area contributed by atoms with Gasteiger partial charge in [0.1, 0.15) is 0 Å². The van der Waals surface area contributed by atoms with Crippen LogP contribution in [0.5, 0.6) is 0 Å². The molecule has 2 heteroatoms.